The Morgan fingerprint density at radius 2 is 1.88 bits per heavy atom. The smallest absolute Gasteiger partial charge is 0.140 e. The molecule has 0 bridgehead atoms. The van der Waals surface area contributed by atoms with Gasteiger partial charge in [-0.3, -0.25) is 4.90 Å². The van der Waals surface area contributed by atoms with Crippen LogP contribution < -0.4 is 16.2 Å². The van der Waals surface area contributed by atoms with Gasteiger partial charge in [0.15, 0.2) is 0 Å². The van der Waals surface area contributed by atoms with Gasteiger partial charge in [-0.2, -0.15) is 0 Å². The minimum absolute atomic E-state index is 0.0332. The number of hydrogen-bond acceptors (Lipinski definition) is 4. The molecular weight excluding hydrogens is 346 g/mol. The molecule has 1 saturated heterocycles. The van der Waals surface area contributed by atoms with Gasteiger partial charge in [0.1, 0.15) is 11.9 Å². The molecule has 26 heavy (non-hydrogen) atoms. The van der Waals surface area contributed by atoms with Gasteiger partial charge in [-0.1, -0.05) is 35.9 Å². The maximum atomic E-state index is 6.42. The molecule has 4 N–H and O–H groups in total. The molecule has 0 unspecified atom stereocenters. The van der Waals surface area contributed by atoms with Crippen LogP contribution in [0, 0.1) is 5.92 Å². The van der Waals surface area contributed by atoms with Crippen molar-refractivity contribution in [2.24, 2.45) is 11.7 Å². The minimum atomic E-state index is -0.140. The lowest BCUT2D eigenvalue weighted by molar-refractivity contribution is -0.0213. The number of anilines is 1. The van der Waals surface area contributed by atoms with E-state index in [2.05, 4.69) is 43.0 Å². The zero-order valence-corrected chi connectivity index (χ0v) is 16.0. The molecule has 1 heterocycles. The Hall–Kier alpha value is -1.75. The van der Waals surface area contributed by atoms with E-state index in [1.54, 1.807) is 6.07 Å². The fourth-order valence-corrected chi connectivity index (χ4v) is 4.24. The lowest BCUT2D eigenvalue weighted by atomic mass is 9.81. The summed E-state index contributed by atoms with van der Waals surface area (Å²) in [4.78, 5) is 2.50. The lowest BCUT2D eigenvalue weighted by Gasteiger charge is -2.49. The first-order chi connectivity index (χ1) is 12.3. The van der Waals surface area contributed by atoms with E-state index in [4.69, 9.17) is 27.8 Å². The van der Waals surface area contributed by atoms with Gasteiger partial charge >= 0.3 is 0 Å². The predicted molar refractivity (Wildman–Crippen MR) is 106 cm³/mol. The quantitative estimate of drug-likeness (QED) is 0.805. The molecule has 0 saturated carbocycles. The van der Waals surface area contributed by atoms with Crippen molar-refractivity contribution in [1.29, 1.82) is 0 Å². The number of halogens is 1. The van der Waals surface area contributed by atoms with Crippen molar-refractivity contribution in [2.75, 3.05) is 18.8 Å². The van der Waals surface area contributed by atoms with Gasteiger partial charge in [0.05, 0.1) is 11.1 Å². The second-order valence-electron chi connectivity index (χ2n) is 8.17. The normalized spacial score (nSPS) is 23.5. The van der Waals surface area contributed by atoms with Crippen LogP contribution in [-0.4, -0.2) is 29.6 Å². The molecule has 138 valence electrons. The highest BCUT2D eigenvalue weighted by Gasteiger charge is 2.45. The summed E-state index contributed by atoms with van der Waals surface area (Å²) in [5.41, 5.74) is 15.2. The summed E-state index contributed by atoms with van der Waals surface area (Å²) < 4.78 is 6.42. The number of nitrogens with zero attached hydrogens (tertiary/aromatic N) is 1. The van der Waals surface area contributed by atoms with E-state index in [1.807, 2.05) is 12.1 Å². The third kappa shape index (κ3) is 3.18. The van der Waals surface area contributed by atoms with Gasteiger partial charge in [-0.15, -0.1) is 0 Å². The van der Waals surface area contributed by atoms with Crippen molar-refractivity contribution in [3.05, 3.63) is 58.6 Å². The number of nitrogens with two attached hydrogens (primary N) is 2. The second-order valence-corrected chi connectivity index (χ2v) is 8.58. The number of likely N-dealkylation sites (tertiary alicyclic amines) is 1. The first-order valence-corrected chi connectivity index (χ1v) is 9.53. The summed E-state index contributed by atoms with van der Waals surface area (Å²) in [6.45, 7) is 6.25. The molecule has 1 fully saturated rings. The fraction of sp³-hybridized carbons (Fsp3) is 0.429. The topological polar surface area (TPSA) is 64.5 Å². The van der Waals surface area contributed by atoms with Crippen LogP contribution >= 0.6 is 11.6 Å². The zero-order chi connectivity index (χ0) is 18.5. The molecule has 4 nitrogen and oxygen atoms in total. The van der Waals surface area contributed by atoms with E-state index in [1.165, 1.54) is 11.1 Å². The van der Waals surface area contributed by atoms with Gasteiger partial charge < -0.3 is 16.2 Å². The molecule has 2 atom stereocenters. The van der Waals surface area contributed by atoms with Gasteiger partial charge in [0.2, 0.25) is 0 Å². The molecule has 4 rings (SSSR count). The average molecular weight is 372 g/mol. The van der Waals surface area contributed by atoms with E-state index >= 15 is 0 Å². The monoisotopic (exact) mass is 371 g/mol. The van der Waals surface area contributed by atoms with Crippen molar-refractivity contribution in [3.63, 3.8) is 0 Å². The second kappa shape index (κ2) is 6.45. The molecule has 0 spiro atoms. The highest BCUT2D eigenvalue weighted by molar-refractivity contribution is 6.32. The summed E-state index contributed by atoms with van der Waals surface area (Å²) in [5, 5.41) is 0.553. The summed E-state index contributed by atoms with van der Waals surface area (Å²) in [6.07, 6.45) is 0.958. The molecular formula is C21H26ClN3O. The van der Waals surface area contributed by atoms with Gasteiger partial charge in [-0.25, -0.2) is 0 Å². The van der Waals surface area contributed by atoms with Gasteiger partial charge in [0, 0.05) is 30.2 Å². The van der Waals surface area contributed by atoms with Crippen molar-refractivity contribution >= 4 is 17.3 Å². The third-order valence-electron chi connectivity index (χ3n) is 5.78. The van der Waals surface area contributed by atoms with Gasteiger partial charge in [-0.05, 0) is 49.6 Å². The Morgan fingerprint density at radius 3 is 2.58 bits per heavy atom. The van der Waals surface area contributed by atoms with Crippen molar-refractivity contribution < 1.29 is 4.74 Å². The first-order valence-electron chi connectivity index (χ1n) is 9.15. The van der Waals surface area contributed by atoms with Crippen molar-refractivity contribution in [3.8, 4) is 5.75 Å². The summed E-state index contributed by atoms with van der Waals surface area (Å²) in [5.74, 6) is 1.20. The maximum absolute atomic E-state index is 6.42. The molecule has 0 aromatic heterocycles. The minimum Gasteiger partial charge on any atom is -0.482 e. The third-order valence-corrected chi connectivity index (χ3v) is 6.08. The van der Waals surface area contributed by atoms with Crippen LogP contribution in [0.5, 0.6) is 5.75 Å². The Balaban J connectivity index is 1.58. The van der Waals surface area contributed by atoms with Crippen LogP contribution in [0.15, 0.2) is 42.5 Å². The first kappa shape index (κ1) is 17.7. The molecule has 2 aliphatic rings. The molecule has 0 radical (unpaired) electrons. The number of fused-ring (bicyclic) bond motifs is 1. The molecule has 2 aromatic rings. The number of nitrogen functional groups attached to an aromatic ring is 1. The van der Waals surface area contributed by atoms with Gasteiger partial charge in [0.25, 0.3) is 0 Å². The summed E-state index contributed by atoms with van der Waals surface area (Å²) in [7, 11) is 0. The fourth-order valence-electron chi connectivity index (χ4n) is 4.00. The molecule has 1 aliphatic heterocycles. The van der Waals surface area contributed by atoms with Crippen LogP contribution in [0.2, 0.25) is 5.02 Å². The average Bonchev–Trinajstić information content (AvgIpc) is 2.85. The summed E-state index contributed by atoms with van der Waals surface area (Å²) in [6, 6.07) is 14.3. The van der Waals surface area contributed by atoms with Crippen LogP contribution in [0.3, 0.4) is 0 Å². The van der Waals surface area contributed by atoms with Crippen LogP contribution in [-0.2, 0) is 6.42 Å². The van der Waals surface area contributed by atoms with E-state index in [0.29, 0.717) is 28.4 Å². The zero-order valence-electron chi connectivity index (χ0n) is 15.3. The lowest BCUT2D eigenvalue weighted by Crippen LogP contribution is -2.62. The number of benzene rings is 2. The Bertz CT molecular complexity index is 811. The Kier molecular flexibility index (Phi) is 4.38. The number of ether oxygens (including phenoxy) is 1. The maximum Gasteiger partial charge on any atom is 0.140 e. The predicted octanol–water partition coefficient (Wildman–Crippen LogP) is 3.64. The molecule has 5 heteroatoms. The number of hydrogen-bond donors (Lipinski definition) is 2. The number of rotatable bonds is 4. The van der Waals surface area contributed by atoms with Crippen LogP contribution in [0.25, 0.3) is 0 Å². The highest BCUT2D eigenvalue weighted by Crippen LogP contribution is 2.42. The highest BCUT2D eigenvalue weighted by atomic mass is 35.5. The van der Waals surface area contributed by atoms with Crippen molar-refractivity contribution in [2.45, 2.75) is 38.0 Å². The van der Waals surface area contributed by atoms with E-state index in [-0.39, 0.29) is 11.6 Å². The van der Waals surface area contributed by atoms with E-state index in [0.717, 1.165) is 19.5 Å². The Labute approximate surface area is 160 Å². The standard InChI is InChI=1S/C21H26ClN3O/c1-21(2,24)14-11-25(12-14)18-9-13-5-3-4-6-16(13)20(18)26-19-8-7-15(23)10-17(19)22/h3-8,10,14,18,20H,9,11-12,23-24H2,1-2H3/t18-,20-/m1/s1. The largest absolute Gasteiger partial charge is 0.482 e. The molecule has 0 amide bonds. The molecule has 1 aliphatic carbocycles. The van der Waals surface area contributed by atoms with Crippen LogP contribution in [0.1, 0.15) is 31.1 Å². The van der Waals surface area contributed by atoms with Crippen LogP contribution in [0.4, 0.5) is 5.69 Å². The SMILES string of the molecule is CC(C)(N)C1CN([C@@H]2Cc3ccccc3[C@H]2Oc2ccc(N)cc2Cl)C1. The summed E-state index contributed by atoms with van der Waals surface area (Å²) >= 11 is 6.36. The van der Waals surface area contributed by atoms with E-state index < -0.39 is 0 Å². The van der Waals surface area contributed by atoms with Crippen molar-refractivity contribution in [1.82, 2.24) is 4.90 Å². The molecule has 2 aromatic carbocycles. The van der Waals surface area contributed by atoms with E-state index in [9.17, 15) is 0 Å². The Morgan fingerprint density at radius 1 is 1.15 bits per heavy atom.